The average Bonchev–Trinajstić information content (AvgIpc) is 2.77. The first-order chi connectivity index (χ1) is 13.6. The van der Waals surface area contributed by atoms with Gasteiger partial charge in [-0.1, -0.05) is 42.5 Å². The van der Waals surface area contributed by atoms with Crippen LogP contribution in [-0.2, 0) is 0 Å². The summed E-state index contributed by atoms with van der Waals surface area (Å²) in [4.78, 5) is 32.6. The highest BCUT2D eigenvalue weighted by molar-refractivity contribution is 5.98. The van der Waals surface area contributed by atoms with Gasteiger partial charge in [-0.2, -0.15) is 5.10 Å². The predicted molar refractivity (Wildman–Crippen MR) is 103 cm³/mol. The summed E-state index contributed by atoms with van der Waals surface area (Å²) in [5.74, 6) is -1.01. The highest BCUT2D eigenvalue weighted by Gasteiger charge is 2.18. The molecule has 0 fully saturated rings. The van der Waals surface area contributed by atoms with Crippen molar-refractivity contribution in [3.63, 3.8) is 0 Å². The molecule has 1 heterocycles. The molecule has 3 aromatic rings. The molecule has 2 aromatic carbocycles. The van der Waals surface area contributed by atoms with Crippen molar-refractivity contribution in [3.05, 3.63) is 83.8 Å². The van der Waals surface area contributed by atoms with Crippen LogP contribution < -0.4 is 5.48 Å². The van der Waals surface area contributed by atoms with E-state index in [1.54, 1.807) is 17.6 Å². The zero-order valence-electron chi connectivity index (χ0n) is 15.0. The van der Waals surface area contributed by atoms with Crippen molar-refractivity contribution in [1.29, 1.82) is 0 Å². The number of hydrogen-bond acceptors (Lipinski definition) is 6. The van der Waals surface area contributed by atoms with E-state index in [0.717, 1.165) is 5.56 Å². The van der Waals surface area contributed by atoms with Crippen LogP contribution in [0, 0.1) is 0 Å². The fourth-order valence-corrected chi connectivity index (χ4v) is 2.45. The summed E-state index contributed by atoms with van der Waals surface area (Å²) in [6.45, 7) is 0. The van der Waals surface area contributed by atoms with E-state index >= 15 is 0 Å². The number of rotatable bonds is 5. The topological polar surface area (TPSA) is 108 Å². The molecule has 28 heavy (non-hydrogen) atoms. The molecule has 0 aliphatic heterocycles. The molecule has 8 nitrogen and oxygen atoms in total. The van der Waals surface area contributed by atoms with Gasteiger partial charge in [-0.05, 0) is 17.7 Å². The van der Waals surface area contributed by atoms with Crippen molar-refractivity contribution in [1.82, 2.24) is 20.5 Å². The van der Waals surface area contributed by atoms with Crippen molar-refractivity contribution in [2.75, 3.05) is 7.05 Å². The first-order valence-electron chi connectivity index (χ1n) is 8.33. The van der Waals surface area contributed by atoms with Crippen LogP contribution in [0.3, 0.4) is 0 Å². The Kier molecular flexibility index (Phi) is 5.83. The summed E-state index contributed by atoms with van der Waals surface area (Å²) in [5.41, 5.74) is 4.01. The van der Waals surface area contributed by atoms with Crippen molar-refractivity contribution >= 4 is 18.0 Å². The van der Waals surface area contributed by atoms with Crippen LogP contribution in [0.1, 0.15) is 26.4 Å². The van der Waals surface area contributed by atoms with Gasteiger partial charge in [-0.25, -0.2) is 15.5 Å². The van der Waals surface area contributed by atoms with Crippen LogP contribution in [0.4, 0.5) is 0 Å². The molecule has 0 bridgehead atoms. The van der Waals surface area contributed by atoms with Gasteiger partial charge < -0.3 is 0 Å². The third-order valence-electron chi connectivity index (χ3n) is 3.90. The maximum atomic E-state index is 12.8. The summed E-state index contributed by atoms with van der Waals surface area (Å²) in [6, 6.07) is 15.7. The molecular formula is C20H17N5O3. The third-order valence-corrected chi connectivity index (χ3v) is 3.90. The molecule has 140 valence electrons. The number of hydrazone groups is 1. The van der Waals surface area contributed by atoms with E-state index in [4.69, 9.17) is 5.21 Å². The maximum absolute atomic E-state index is 12.8. The number of hydroxylamine groups is 1. The lowest BCUT2D eigenvalue weighted by Crippen LogP contribution is -2.23. The van der Waals surface area contributed by atoms with Crippen LogP contribution in [0.15, 0.2) is 72.1 Å². The van der Waals surface area contributed by atoms with Crippen molar-refractivity contribution in [2.24, 2.45) is 5.10 Å². The smallest absolute Gasteiger partial charge is 0.288 e. The van der Waals surface area contributed by atoms with Gasteiger partial charge in [-0.15, -0.1) is 0 Å². The number of carbonyl (C=O) groups excluding carboxylic acids is 2. The summed E-state index contributed by atoms with van der Waals surface area (Å²) in [5, 5.41) is 13.9. The Balaban J connectivity index is 1.78. The molecule has 0 saturated carbocycles. The van der Waals surface area contributed by atoms with E-state index in [1.165, 1.54) is 42.8 Å². The van der Waals surface area contributed by atoms with Crippen molar-refractivity contribution < 1.29 is 14.8 Å². The van der Waals surface area contributed by atoms with Gasteiger partial charge in [0.1, 0.15) is 5.69 Å². The van der Waals surface area contributed by atoms with Gasteiger partial charge in [0, 0.05) is 30.6 Å². The molecule has 8 heteroatoms. The third kappa shape index (κ3) is 4.25. The van der Waals surface area contributed by atoms with E-state index in [9.17, 15) is 9.59 Å². The summed E-state index contributed by atoms with van der Waals surface area (Å²) in [6.07, 6.45) is 4.48. The highest BCUT2D eigenvalue weighted by atomic mass is 16.5. The number of benzene rings is 2. The Bertz CT molecular complexity index is 1000. The number of amides is 2. The van der Waals surface area contributed by atoms with Crippen LogP contribution in [0.5, 0.6) is 0 Å². The predicted octanol–water partition coefficient (Wildman–Crippen LogP) is 2.37. The molecule has 2 N–H and O–H groups in total. The fourth-order valence-electron chi connectivity index (χ4n) is 2.45. The van der Waals surface area contributed by atoms with Crippen LogP contribution >= 0.6 is 0 Å². The first kappa shape index (κ1) is 18.9. The van der Waals surface area contributed by atoms with E-state index < -0.39 is 11.8 Å². The SMILES string of the molecule is CN(/N=C/c1ccc(C(=O)NO)cc1)C(=O)c1nccnc1-c1ccccc1. The molecule has 0 unspecified atom stereocenters. The van der Waals surface area contributed by atoms with E-state index in [2.05, 4.69) is 15.1 Å². The van der Waals surface area contributed by atoms with Crippen LogP contribution in [-0.4, -0.2) is 45.3 Å². The minimum Gasteiger partial charge on any atom is -0.288 e. The number of aromatic nitrogens is 2. The second-order valence-electron chi connectivity index (χ2n) is 5.76. The Labute approximate surface area is 161 Å². The summed E-state index contributed by atoms with van der Waals surface area (Å²) >= 11 is 0. The van der Waals surface area contributed by atoms with E-state index in [1.807, 2.05) is 30.3 Å². The number of carbonyl (C=O) groups is 2. The van der Waals surface area contributed by atoms with Crippen molar-refractivity contribution in [3.8, 4) is 11.3 Å². The Morgan fingerprint density at radius 1 is 1.04 bits per heavy atom. The summed E-state index contributed by atoms with van der Waals surface area (Å²) in [7, 11) is 1.52. The molecular weight excluding hydrogens is 358 g/mol. The van der Waals surface area contributed by atoms with Gasteiger partial charge in [0.2, 0.25) is 0 Å². The zero-order chi connectivity index (χ0) is 19.9. The normalized spacial score (nSPS) is 10.6. The zero-order valence-corrected chi connectivity index (χ0v) is 15.0. The monoisotopic (exact) mass is 375 g/mol. The van der Waals surface area contributed by atoms with Crippen LogP contribution in [0.2, 0.25) is 0 Å². The average molecular weight is 375 g/mol. The molecule has 3 rings (SSSR count). The number of nitrogens with one attached hydrogen (secondary N) is 1. The minimum atomic E-state index is -0.605. The highest BCUT2D eigenvalue weighted by Crippen LogP contribution is 2.20. The number of nitrogens with zero attached hydrogens (tertiary/aromatic N) is 4. The van der Waals surface area contributed by atoms with E-state index in [0.29, 0.717) is 16.8 Å². The number of hydrogen-bond donors (Lipinski definition) is 2. The molecule has 0 radical (unpaired) electrons. The second-order valence-corrected chi connectivity index (χ2v) is 5.76. The molecule has 2 amide bonds. The van der Waals surface area contributed by atoms with Gasteiger partial charge in [0.05, 0.1) is 6.21 Å². The fraction of sp³-hybridized carbons (Fsp3) is 0.0500. The van der Waals surface area contributed by atoms with Gasteiger partial charge in [0.25, 0.3) is 11.8 Å². The Morgan fingerprint density at radius 2 is 1.71 bits per heavy atom. The molecule has 1 aromatic heterocycles. The quantitative estimate of drug-likeness (QED) is 0.404. The maximum Gasteiger partial charge on any atom is 0.294 e. The molecule has 0 aliphatic rings. The molecule has 0 aliphatic carbocycles. The lowest BCUT2D eigenvalue weighted by atomic mass is 10.1. The standard InChI is InChI=1S/C20H17N5O3/c1-25(23-13-14-7-9-16(10-8-14)19(26)24-28)20(27)18-17(21-11-12-22-18)15-5-3-2-4-6-15/h2-13,28H,1H3,(H,24,26)/b23-13+. The first-order valence-corrected chi connectivity index (χ1v) is 8.33. The van der Waals surface area contributed by atoms with Gasteiger partial charge in [0.15, 0.2) is 5.69 Å². The second kappa shape index (κ2) is 8.65. The summed E-state index contributed by atoms with van der Waals surface area (Å²) < 4.78 is 0. The van der Waals surface area contributed by atoms with E-state index in [-0.39, 0.29) is 5.69 Å². The minimum absolute atomic E-state index is 0.198. The largest absolute Gasteiger partial charge is 0.294 e. The molecule has 0 atom stereocenters. The Morgan fingerprint density at radius 3 is 2.39 bits per heavy atom. The van der Waals surface area contributed by atoms with Gasteiger partial charge in [-0.3, -0.25) is 19.8 Å². The van der Waals surface area contributed by atoms with Gasteiger partial charge >= 0.3 is 0 Å². The van der Waals surface area contributed by atoms with Crippen molar-refractivity contribution in [2.45, 2.75) is 0 Å². The molecule has 0 spiro atoms. The Hall–Kier alpha value is -3.91. The lowest BCUT2D eigenvalue weighted by Gasteiger charge is -2.12. The van der Waals surface area contributed by atoms with Crippen LogP contribution in [0.25, 0.3) is 11.3 Å². The molecule has 0 saturated heterocycles. The lowest BCUT2D eigenvalue weighted by molar-refractivity contribution is 0.0706.